The van der Waals surface area contributed by atoms with Gasteiger partial charge in [-0.3, -0.25) is 0 Å². The third kappa shape index (κ3) is 3.81. The van der Waals surface area contributed by atoms with E-state index in [0.717, 1.165) is 19.8 Å². The van der Waals surface area contributed by atoms with Crippen molar-refractivity contribution in [3.63, 3.8) is 0 Å². The molecule has 2 aromatic carbocycles. The number of halogens is 1. The lowest BCUT2D eigenvalue weighted by Gasteiger charge is -2.08. The van der Waals surface area contributed by atoms with E-state index in [1.807, 2.05) is 0 Å². The number of aromatic nitrogens is 2. The van der Waals surface area contributed by atoms with Crippen molar-refractivity contribution >= 4 is 33.6 Å². The molecule has 8 nitrogen and oxygen atoms in total. The predicted octanol–water partition coefficient (Wildman–Crippen LogP) is 3.32. The monoisotopic (exact) mass is 448 g/mol. The van der Waals surface area contributed by atoms with E-state index < -0.39 is 27.7 Å². The zero-order valence-electron chi connectivity index (χ0n) is 16.2. The number of methoxy groups -OCH3 is 2. The summed E-state index contributed by atoms with van der Waals surface area (Å²) in [4.78, 5) is 25.0. The minimum atomic E-state index is -4.33. The van der Waals surface area contributed by atoms with Gasteiger partial charge in [-0.15, -0.1) is 4.09 Å². The minimum absolute atomic E-state index is 0.0606. The molecule has 0 saturated carbocycles. The fourth-order valence-electron chi connectivity index (χ4n) is 2.76. The van der Waals surface area contributed by atoms with Crippen molar-refractivity contribution in [1.82, 2.24) is 9.19 Å². The van der Waals surface area contributed by atoms with Crippen LogP contribution in [0.2, 0.25) is 5.02 Å². The van der Waals surface area contributed by atoms with Crippen LogP contribution in [0, 0.1) is 6.92 Å². The molecule has 1 aromatic heterocycles. The number of nitrogens with zero attached hydrogens (tertiary/aromatic N) is 2. The van der Waals surface area contributed by atoms with Crippen LogP contribution in [-0.2, 0) is 19.5 Å². The third-order valence-electron chi connectivity index (χ3n) is 4.29. The molecule has 0 amide bonds. The Morgan fingerprint density at radius 2 is 1.50 bits per heavy atom. The van der Waals surface area contributed by atoms with Crippen LogP contribution in [0.1, 0.15) is 26.4 Å². The van der Waals surface area contributed by atoms with Gasteiger partial charge in [0, 0.05) is 10.6 Å². The molecule has 10 heteroatoms. The molecule has 0 saturated heterocycles. The molecule has 0 radical (unpaired) electrons. The highest BCUT2D eigenvalue weighted by molar-refractivity contribution is 7.90. The molecular weight excluding hydrogens is 432 g/mol. The first-order chi connectivity index (χ1) is 14.2. The number of aryl methyl sites for hydroxylation is 1. The maximum absolute atomic E-state index is 13.3. The summed E-state index contributed by atoms with van der Waals surface area (Å²) in [6.45, 7) is 1.80. The summed E-state index contributed by atoms with van der Waals surface area (Å²) in [7, 11) is -2.15. The van der Waals surface area contributed by atoms with Gasteiger partial charge in [0.2, 0.25) is 0 Å². The smallest absolute Gasteiger partial charge is 0.358 e. The van der Waals surface area contributed by atoms with E-state index in [1.165, 1.54) is 12.1 Å². The van der Waals surface area contributed by atoms with Gasteiger partial charge in [-0.1, -0.05) is 41.4 Å². The quantitative estimate of drug-likeness (QED) is 0.551. The molecule has 0 spiro atoms. The first-order valence-electron chi connectivity index (χ1n) is 8.58. The molecule has 3 aromatic rings. The first kappa shape index (κ1) is 21.5. The normalized spacial score (nSPS) is 11.2. The standard InChI is InChI=1S/C20H17ClN2O6S/c1-12-4-10-15(11-5-12)30(26,27)23-18(20(25)29-3)16(19(24)28-2)17(22-23)13-6-8-14(21)9-7-13/h4-11H,1-3H3. The minimum Gasteiger partial charge on any atom is -0.465 e. The Bertz CT molecular complexity index is 1220. The molecule has 3 rings (SSSR count). The fraction of sp³-hybridized carbons (Fsp3) is 0.150. The highest BCUT2D eigenvalue weighted by Gasteiger charge is 2.35. The van der Waals surface area contributed by atoms with Crippen LogP contribution in [0.15, 0.2) is 53.4 Å². The van der Waals surface area contributed by atoms with Gasteiger partial charge in [-0.2, -0.15) is 13.5 Å². The second-order valence-corrected chi connectivity index (χ2v) is 8.43. The number of esters is 2. The molecule has 0 fully saturated rings. The molecule has 0 aliphatic rings. The highest BCUT2D eigenvalue weighted by Crippen LogP contribution is 2.30. The summed E-state index contributed by atoms with van der Waals surface area (Å²) in [6.07, 6.45) is 0. The topological polar surface area (TPSA) is 105 Å². The zero-order chi connectivity index (χ0) is 22.1. The SMILES string of the molecule is COC(=O)c1c(-c2ccc(Cl)cc2)nn(S(=O)(=O)c2ccc(C)cc2)c1C(=O)OC. The maximum Gasteiger partial charge on any atom is 0.358 e. The van der Waals surface area contributed by atoms with E-state index in [2.05, 4.69) is 5.10 Å². The zero-order valence-corrected chi connectivity index (χ0v) is 17.8. The van der Waals surface area contributed by atoms with Crippen LogP contribution in [0.4, 0.5) is 0 Å². The van der Waals surface area contributed by atoms with Crippen molar-refractivity contribution in [2.75, 3.05) is 14.2 Å². The summed E-state index contributed by atoms with van der Waals surface area (Å²) >= 11 is 5.92. The lowest BCUT2D eigenvalue weighted by molar-refractivity contribution is 0.0551. The molecule has 0 N–H and O–H groups in total. The average molecular weight is 449 g/mol. The Balaban J connectivity index is 2.37. The molecule has 0 unspecified atom stereocenters. The van der Waals surface area contributed by atoms with Crippen LogP contribution < -0.4 is 0 Å². The molecule has 0 aliphatic heterocycles. The molecule has 1 heterocycles. The van der Waals surface area contributed by atoms with Crippen molar-refractivity contribution in [3.05, 3.63) is 70.4 Å². The van der Waals surface area contributed by atoms with Crippen molar-refractivity contribution < 1.29 is 27.5 Å². The summed E-state index contributed by atoms with van der Waals surface area (Å²) in [5.74, 6) is -2.00. The van der Waals surface area contributed by atoms with E-state index >= 15 is 0 Å². The Morgan fingerprint density at radius 3 is 2.03 bits per heavy atom. The maximum atomic E-state index is 13.3. The molecule has 0 aliphatic carbocycles. The van der Waals surface area contributed by atoms with Gasteiger partial charge in [0.05, 0.1) is 19.1 Å². The number of benzene rings is 2. The van der Waals surface area contributed by atoms with Gasteiger partial charge >= 0.3 is 11.9 Å². The van der Waals surface area contributed by atoms with Crippen LogP contribution in [0.5, 0.6) is 0 Å². The second-order valence-electron chi connectivity index (χ2n) is 6.22. The van der Waals surface area contributed by atoms with Crippen molar-refractivity contribution in [1.29, 1.82) is 0 Å². The lowest BCUT2D eigenvalue weighted by Crippen LogP contribution is -2.22. The van der Waals surface area contributed by atoms with E-state index in [9.17, 15) is 18.0 Å². The van der Waals surface area contributed by atoms with Gasteiger partial charge in [-0.25, -0.2) is 9.59 Å². The van der Waals surface area contributed by atoms with Crippen LogP contribution >= 0.6 is 11.6 Å². The van der Waals surface area contributed by atoms with Crippen LogP contribution in [-0.4, -0.2) is 43.8 Å². The van der Waals surface area contributed by atoms with Gasteiger partial charge in [0.25, 0.3) is 10.0 Å². The Morgan fingerprint density at radius 1 is 0.933 bits per heavy atom. The number of hydrogen-bond donors (Lipinski definition) is 0. The Hall–Kier alpha value is -3.17. The summed E-state index contributed by atoms with van der Waals surface area (Å²) < 4.78 is 36.6. The molecule has 30 heavy (non-hydrogen) atoms. The van der Waals surface area contributed by atoms with E-state index in [4.69, 9.17) is 21.1 Å². The van der Waals surface area contributed by atoms with Gasteiger partial charge < -0.3 is 9.47 Å². The fourth-order valence-corrected chi connectivity index (χ4v) is 4.17. The van der Waals surface area contributed by atoms with Crippen LogP contribution in [0.3, 0.4) is 0 Å². The van der Waals surface area contributed by atoms with Crippen molar-refractivity contribution in [2.45, 2.75) is 11.8 Å². The molecular formula is C20H17ClN2O6S. The van der Waals surface area contributed by atoms with Gasteiger partial charge in [-0.05, 0) is 31.2 Å². The number of rotatable bonds is 5. The summed E-state index contributed by atoms with van der Waals surface area (Å²) in [5.41, 5.74) is 0.259. The summed E-state index contributed by atoms with van der Waals surface area (Å²) in [5, 5.41) is 4.53. The van der Waals surface area contributed by atoms with Crippen LogP contribution in [0.25, 0.3) is 11.3 Å². The Labute approximate surface area is 178 Å². The average Bonchev–Trinajstić information content (AvgIpc) is 3.15. The van der Waals surface area contributed by atoms with Gasteiger partial charge in [0.15, 0.2) is 5.69 Å². The number of carbonyl (C=O) groups excluding carboxylic acids is 2. The van der Waals surface area contributed by atoms with E-state index in [0.29, 0.717) is 14.7 Å². The Kier molecular flexibility index (Phi) is 5.95. The lowest BCUT2D eigenvalue weighted by atomic mass is 10.1. The number of ether oxygens (including phenoxy) is 2. The third-order valence-corrected chi connectivity index (χ3v) is 6.13. The predicted molar refractivity (Wildman–Crippen MR) is 109 cm³/mol. The van der Waals surface area contributed by atoms with E-state index in [1.54, 1.807) is 43.3 Å². The van der Waals surface area contributed by atoms with Gasteiger partial charge in [0.1, 0.15) is 11.3 Å². The largest absolute Gasteiger partial charge is 0.465 e. The first-order valence-corrected chi connectivity index (χ1v) is 10.4. The molecule has 0 bridgehead atoms. The summed E-state index contributed by atoms with van der Waals surface area (Å²) in [6, 6.07) is 12.2. The molecule has 0 atom stereocenters. The second kappa shape index (κ2) is 8.29. The highest BCUT2D eigenvalue weighted by atomic mass is 35.5. The van der Waals surface area contributed by atoms with E-state index in [-0.39, 0.29) is 16.2 Å². The van der Waals surface area contributed by atoms with Crippen molar-refractivity contribution in [2.24, 2.45) is 0 Å². The van der Waals surface area contributed by atoms with Crippen molar-refractivity contribution in [3.8, 4) is 11.3 Å². The number of carbonyl (C=O) groups is 2. The molecule has 156 valence electrons. The number of hydrogen-bond acceptors (Lipinski definition) is 7.